The number of amides is 1. The second kappa shape index (κ2) is 8.20. The van der Waals surface area contributed by atoms with Gasteiger partial charge < -0.3 is 15.2 Å². The molecule has 0 aliphatic carbocycles. The first-order valence-electron chi connectivity index (χ1n) is 7.38. The fourth-order valence-corrected chi connectivity index (χ4v) is 2.19. The number of anilines is 1. The van der Waals surface area contributed by atoms with E-state index in [1.807, 2.05) is 24.3 Å². The average Bonchev–Trinajstić information content (AvgIpc) is 2.55. The van der Waals surface area contributed by atoms with E-state index in [2.05, 4.69) is 5.32 Å². The molecule has 0 unspecified atom stereocenters. The van der Waals surface area contributed by atoms with Gasteiger partial charge in [-0.3, -0.25) is 4.79 Å². The van der Waals surface area contributed by atoms with Crippen LogP contribution in [0.4, 0.5) is 5.69 Å². The zero-order valence-corrected chi connectivity index (χ0v) is 12.7. The first kappa shape index (κ1) is 16.0. The second-order valence-corrected chi connectivity index (χ2v) is 5.06. The van der Waals surface area contributed by atoms with Crippen LogP contribution in [0.15, 0.2) is 48.5 Å². The maximum atomic E-state index is 12.2. The largest absolute Gasteiger partial charge is 0.497 e. The van der Waals surface area contributed by atoms with E-state index >= 15 is 0 Å². The predicted octanol–water partition coefficient (Wildman–Crippen LogP) is 3.26. The zero-order chi connectivity index (χ0) is 15.8. The molecule has 0 heterocycles. The van der Waals surface area contributed by atoms with E-state index in [1.165, 1.54) is 0 Å². The topological polar surface area (TPSA) is 58.6 Å². The van der Waals surface area contributed by atoms with Crippen molar-refractivity contribution < 1.29 is 14.6 Å². The summed E-state index contributed by atoms with van der Waals surface area (Å²) in [7, 11) is 1.59. The third-order valence-corrected chi connectivity index (χ3v) is 3.41. The molecule has 2 rings (SSSR count). The van der Waals surface area contributed by atoms with Gasteiger partial charge in [0, 0.05) is 17.9 Å². The van der Waals surface area contributed by atoms with Gasteiger partial charge in [-0.1, -0.05) is 12.1 Å². The molecule has 0 aliphatic heterocycles. The van der Waals surface area contributed by atoms with Crippen LogP contribution in [0.1, 0.15) is 28.8 Å². The summed E-state index contributed by atoms with van der Waals surface area (Å²) in [4.78, 5) is 12.2. The maximum Gasteiger partial charge on any atom is 0.255 e. The molecule has 0 fully saturated rings. The lowest BCUT2D eigenvalue weighted by Crippen LogP contribution is -2.11. The van der Waals surface area contributed by atoms with Gasteiger partial charge in [0.15, 0.2) is 0 Å². The lowest BCUT2D eigenvalue weighted by Gasteiger charge is -2.08. The van der Waals surface area contributed by atoms with Gasteiger partial charge >= 0.3 is 0 Å². The van der Waals surface area contributed by atoms with E-state index in [9.17, 15) is 4.79 Å². The van der Waals surface area contributed by atoms with Crippen LogP contribution in [-0.4, -0.2) is 24.7 Å². The molecule has 2 N–H and O–H groups in total. The van der Waals surface area contributed by atoms with E-state index in [4.69, 9.17) is 9.84 Å². The summed E-state index contributed by atoms with van der Waals surface area (Å²) in [6.45, 7) is 0.216. The van der Waals surface area contributed by atoms with E-state index in [0.29, 0.717) is 5.56 Å². The van der Waals surface area contributed by atoms with E-state index < -0.39 is 0 Å². The highest BCUT2D eigenvalue weighted by atomic mass is 16.5. The number of benzene rings is 2. The number of aliphatic hydroxyl groups excluding tert-OH is 1. The third kappa shape index (κ3) is 4.60. The van der Waals surface area contributed by atoms with Gasteiger partial charge in [-0.15, -0.1) is 0 Å². The average molecular weight is 299 g/mol. The van der Waals surface area contributed by atoms with Gasteiger partial charge in [0.2, 0.25) is 0 Å². The molecule has 0 bridgehead atoms. The monoisotopic (exact) mass is 299 g/mol. The van der Waals surface area contributed by atoms with Crippen molar-refractivity contribution in [2.24, 2.45) is 0 Å². The fourth-order valence-electron chi connectivity index (χ4n) is 2.19. The molecule has 0 radical (unpaired) electrons. The molecular formula is C18H21NO3. The van der Waals surface area contributed by atoms with Gasteiger partial charge in [0.1, 0.15) is 5.75 Å². The Kier molecular flexibility index (Phi) is 5.98. The molecule has 116 valence electrons. The molecular weight excluding hydrogens is 278 g/mol. The Labute approximate surface area is 130 Å². The third-order valence-electron chi connectivity index (χ3n) is 3.41. The minimum absolute atomic E-state index is 0.143. The van der Waals surface area contributed by atoms with Crippen molar-refractivity contribution >= 4 is 11.6 Å². The molecule has 2 aromatic carbocycles. The van der Waals surface area contributed by atoms with Gasteiger partial charge in [-0.05, 0) is 61.2 Å². The first-order valence-corrected chi connectivity index (χ1v) is 7.38. The molecule has 0 saturated heterocycles. The quantitative estimate of drug-likeness (QED) is 0.771. The lowest BCUT2D eigenvalue weighted by molar-refractivity contribution is 0.102. The minimum Gasteiger partial charge on any atom is -0.497 e. The zero-order valence-electron chi connectivity index (χ0n) is 12.7. The van der Waals surface area contributed by atoms with Crippen LogP contribution in [0.25, 0.3) is 0 Å². The highest BCUT2D eigenvalue weighted by Gasteiger charge is 2.06. The summed E-state index contributed by atoms with van der Waals surface area (Å²) in [5, 5.41) is 11.7. The number of aliphatic hydroxyl groups is 1. The molecule has 0 aliphatic rings. The van der Waals surface area contributed by atoms with Gasteiger partial charge in [-0.2, -0.15) is 0 Å². The standard InChI is InChI=1S/C18H21NO3/c1-22-17-10-8-15(9-11-17)18(21)19-16-7-4-6-14(13-16)5-2-3-12-20/h4,6-11,13,20H,2-3,5,12H2,1H3,(H,19,21). The number of methoxy groups -OCH3 is 1. The van der Waals surface area contributed by atoms with Crippen molar-refractivity contribution in [1.82, 2.24) is 0 Å². The number of carbonyl (C=O) groups is 1. The van der Waals surface area contributed by atoms with Crippen LogP contribution in [0.3, 0.4) is 0 Å². The van der Waals surface area contributed by atoms with Crippen molar-refractivity contribution in [1.29, 1.82) is 0 Å². The summed E-state index contributed by atoms with van der Waals surface area (Å²) in [5.41, 5.74) is 2.52. The number of nitrogens with one attached hydrogen (secondary N) is 1. The Balaban J connectivity index is 1.99. The number of hydrogen-bond donors (Lipinski definition) is 2. The molecule has 22 heavy (non-hydrogen) atoms. The van der Waals surface area contributed by atoms with Crippen LogP contribution in [-0.2, 0) is 6.42 Å². The number of carbonyl (C=O) groups excluding carboxylic acids is 1. The Hall–Kier alpha value is -2.33. The maximum absolute atomic E-state index is 12.2. The van der Waals surface area contributed by atoms with E-state index in [0.717, 1.165) is 36.3 Å². The Morgan fingerprint density at radius 1 is 1.14 bits per heavy atom. The summed E-state index contributed by atoms with van der Waals surface area (Å²) < 4.78 is 5.08. The smallest absolute Gasteiger partial charge is 0.255 e. The number of hydrogen-bond acceptors (Lipinski definition) is 3. The molecule has 0 spiro atoms. The lowest BCUT2D eigenvalue weighted by atomic mass is 10.1. The fraction of sp³-hybridized carbons (Fsp3) is 0.278. The summed E-state index contributed by atoms with van der Waals surface area (Å²) in [5.74, 6) is 0.581. The summed E-state index contributed by atoms with van der Waals surface area (Å²) >= 11 is 0. The molecule has 0 saturated carbocycles. The number of rotatable bonds is 7. The SMILES string of the molecule is COc1ccc(C(=O)Nc2cccc(CCCCO)c2)cc1. The summed E-state index contributed by atoms with van der Waals surface area (Å²) in [6, 6.07) is 14.8. The van der Waals surface area contributed by atoms with Crippen LogP contribution in [0.5, 0.6) is 5.75 Å². The number of aryl methyl sites for hydroxylation is 1. The van der Waals surface area contributed by atoms with Gasteiger partial charge in [0.05, 0.1) is 7.11 Å². The normalized spacial score (nSPS) is 10.3. The summed E-state index contributed by atoms with van der Waals surface area (Å²) in [6.07, 6.45) is 2.63. The molecule has 1 amide bonds. The molecule has 2 aromatic rings. The van der Waals surface area contributed by atoms with Crippen molar-refractivity contribution in [3.8, 4) is 5.75 Å². The highest BCUT2D eigenvalue weighted by Crippen LogP contribution is 2.16. The Morgan fingerprint density at radius 2 is 1.91 bits per heavy atom. The van der Waals surface area contributed by atoms with Crippen LogP contribution >= 0.6 is 0 Å². The van der Waals surface area contributed by atoms with E-state index in [-0.39, 0.29) is 12.5 Å². The van der Waals surface area contributed by atoms with E-state index in [1.54, 1.807) is 31.4 Å². The van der Waals surface area contributed by atoms with Crippen molar-refractivity contribution in [3.63, 3.8) is 0 Å². The Bertz CT molecular complexity index is 608. The van der Waals surface area contributed by atoms with Crippen molar-refractivity contribution in [2.75, 3.05) is 19.0 Å². The number of unbranched alkanes of at least 4 members (excludes halogenated alkanes) is 1. The number of ether oxygens (including phenoxy) is 1. The molecule has 0 atom stereocenters. The molecule has 4 heteroatoms. The van der Waals surface area contributed by atoms with Crippen molar-refractivity contribution in [2.45, 2.75) is 19.3 Å². The van der Waals surface area contributed by atoms with Crippen LogP contribution in [0, 0.1) is 0 Å². The minimum atomic E-state index is -0.143. The highest BCUT2D eigenvalue weighted by molar-refractivity contribution is 6.04. The second-order valence-electron chi connectivity index (χ2n) is 5.06. The molecule has 4 nitrogen and oxygen atoms in total. The first-order chi connectivity index (χ1) is 10.7. The van der Waals surface area contributed by atoms with Gasteiger partial charge in [-0.25, -0.2) is 0 Å². The van der Waals surface area contributed by atoms with Crippen molar-refractivity contribution in [3.05, 3.63) is 59.7 Å². The van der Waals surface area contributed by atoms with Gasteiger partial charge in [0.25, 0.3) is 5.91 Å². The predicted molar refractivity (Wildman–Crippen MR) is 87.4 cm³/mol. The Morgan fingerprint density at radius 3 is 2.59 bits per heavy atom. The molecule has 0 aromatic heterocycles. The van der Waals surface area contributed by atoms with Crippen LogP contribution < -0.4 is 10.1 Å². The van der Waals surface area contributed by atoms with Crippen LogP contribution in [0.2, 0.25) is 0 Å².